The van der Waals surface area contributed by atoms with Gasteiger partial charge in [0, 0.05) is 12.6 Å². The molecule has 1 rings (SSSR count). The summed E-state index contributed by atoms with van der Waals surface area (Å²) in [4.78, 5) is 25.6. The zero-order valence-corrected chi connectivity index (χ0v) is 13.3. The van der Waals surface area contributed by atoms with Crippen LogP contribution in [-0.2, 0) is 14.3 Å². The SMILES string of the molecule is CCOC(=O)CC1CCC(C)CN1C(=O)OC(C)(C)C. The van der Waals surface area contributed by atoms with Gasteiger partial charge in [0.2, 0.25) is 0 Å². The minimum absolute atomic E-state index is 0.111. The monoisotopic (exact) mass is 285 g/mol. The van der Waals surface area contributed by atoms with Crippen molar-refractivity contribution in [3.05, 3.63) is 0 Å². The molecule has 2 unspecified atom stereocenters. The summed E-state index contributed by atoms with van der Waals surface area (Å²) in [6, 6.07) is -0.111. The molecule has 0 radical (unpaired) electrons. The molecule has 116 valence electrons. The predicted molar refractivity (Wildman–Crippen MR) is 76.4 cm³/mol. The lowest BCUT2D eigenvalue weighted by atomic mass is 9.93. The summed E-state index contributed by atoms with van der Waals surface area (Å²) >= 11 is 0. The largest absolute Gasteiger partial charge is 0.466 e. The van der Waals surface area contributed by atoms with Crippen LogP contribution in [0.4, 0.5) is 4.79 Å². The first-order chi connectivity index (χ1) is 9.23. The van der Waals surface area contributed by atoms with E-state index in [1.165, 1.54) is 0 Å². The van der Waals surface area contributed by atoms with Gasteiger partial charge >= 0.3 is 12.1 Å². The highest BCUT2D eigenvalue weighted by molar-refractivity contribution is 5.73. The van der Waals surface area contributed by atoms with Crippen molar-refractivity contribution in [1.82, 2.24) is 4.90 Å². The Morgan fingerprint density at radius 2 is 1.90 bits per heavy atom. The number of nitrogens with zero attached hydrogens (tertiary/aromatic N) is 1. The molecule has 1 heterocycles. The molecule has 0 saturated carbocycles. The Kier molecular flexibility index (Phi) is 5.84. The molecule has 1 aliphatic rings. The van der Waals surface area contributed by atoms with E-state index >= 15 is 0 Å². The molecule has 1 fully saturated rings. The third-order valence-electron chi connectivity index (χ3n) is 3.28. The van der Waals surface area contributed by atoms with Gasteiger partial charge in [-0.15, -0.1) is 0 Å². The second-order valence-corrected chi connectivity index (χ2v) is 6.48. The molecule has 1 saturated heterocycles. The van der Waals surface area contributed by atoms with Crippen LogP contribution >= 0.6 is 0 Å². The number of hydrogen-bond donors (Lipinski definition) is 0. The molecule has 5 nitrogen and oxygen atoms in total. The third-order valence-corrected chi connectivity index (χ3v) is 3.28. The van der Waals surface area contributed by atoms with Gasteiger partial charge in [0.1, 0.15) is 5.60 Å². The summed E-state index contributed by atoms with van der Waals surface area (Å²) in [6.45, 7) is 10.4. The zero-order valence-electron chi connectivity index (χ0n) is 13.3. The second kappa shape index (κ2) is 6.95. The van der Waals surface area contributed by atoms with E-state index < -0.39 is 5.60 Å². The van der Waals surface area contributed by atoms with Gasteiger partial charge < -0.3 is 14.4 Å². The maximum absolute atomic E-state index is 12.3. The molecule has 0 aromatic rings. The van der Waals surface area contributed by atoms with Gasteiger partial charge in [-0.1, -0.05) is 6.92 Å². The summed E-state index contributed by atoms with van der Waals surface area (Å²) in [5.74, 6) is 0.182. The average Bonchev–Trinajstić information content (AvgIpc) is 2.29. The van der Waals surface area contributed by atoms with Gasteiger partial charge in [-0.2, -0.15) is 0 Å². The first-order valence-electron chi connectivity index (χ1n) is 7.38. The Bertz CT molecular complexity index is 348. The van der Waals surface area contributed by atoms with Crippen LogP contribution in [0.3, 0.4) is 0 Å². The van der Waals surface area contributed by atoms with Crippen molar-refractivity contribution in [2.45, 2.75) is 65.5 Å². The molecule has 0 spiro atoms. The van der Waals surface area contributed by atoms with Gasteiger partial charge in [0.05, 0.1) is 13.0 Å². The molecule has 2 atom stereocenters. The maximum Gasteiger partial charge on any atom is 0.410 e. The van der Waals surface area contributed by atoms with E-state index in [1.807, 2.05) is 20.8 Å². The lowest BCUT2D eigenvalue weighted by molar-refractivity contribution is -0.144. The quantitative estimate of drug-likeness (QED) is 0.748. The smallest absolute Gasteiger partial charge is 0.410 e. The van der Waals surface area contributed by atoms with Crippen molar-refractivity contribution in [2.75, 3.05) is 13.2 Å². The number of carbonyl (C=O) groups is 2. The number of esters is 1. The number of ether oxygens (including phenoxy) is 2. The topological polar surface area (TPSA) is 55.8 Å². The molecule has 5 heteroatoms. The Hall–Kier alpha value is -1.26. The van der Waals surface area contributed by atoms with Crippen molar-refractivity contribution in [3.63, 3.8) is 0 Å². The van der Waals surface area contributed by atoms with Crippen LogP contribution in [0, 0.1) is 5.92 Å². The number of piperidine rings is 1. The fourth-order valence-corrected chi connectivity index (χ4v) is 2.38. The van der Waals surface area contributed by atoms with E-state index in [-0.39, 0.29) is 24.5 Å². The minimum Gasteiger partial charge on any atom is -0.466 e. The summed E-state index contributed by atoms with van der Waals surface area (Å²) in [5.41, 5.74) is -0.522. The van der Waals surface area contributed by atoms with E-state index in [4.69, 9.17) is 9.47 Å². The first-order valence-corrected chi connectivity index (χ1v) is 7.38. The van der Waals surface area contributed by atoms with Crippen LogP contribution in [0.1, 0.15) is 53.9 Å². The van der Waals surface area contributed by atoms with Gasteiger partial charge in [-0.25, -0.2) is 4.79 Å². The van der Waals surface area contributed by atoms with E-state index in [9.17, 15) is 9.59 Å². The summed E-state index contributed by atoms with van der Waals surface area (Å²) in [6.07, 6.45) is 1.75. The highest BCUT2D eigenvalue weighted by Crippen LogP contribution is 2.26. The molecule has 1 aliphatic heterocycles. The normalized spacial score (nSPS) is 23.4. The molecular formula is C15H27NO4. The van der Waals surface area contributed by atoms with Crippen LogP contribution < -0.4 is 0 Å². The van der Waals surface area contributed by atoms with Gasteiger partial charge in [0.15, 0.2) is 0 Å². The van der Waals surface area contributed by atoms with Crippen molar-refractivity contribution in [2.24, 2.45) is 5.92 Å². The fourth-order valence-electron chi connectivity index (χ4n) is 2.38. The molecule has 0 aliphatic carbocycles. The summed E-state index contributed by atoms with van der Waals surface area (Å²) in [5, 5.41) is 0. The Labute approximate surface area is 121 Å². The Balaban J connectivity index is 2.70. The molecular weight excluding hydrogens is 258 g/mol. The fraction of sp³-hybridized carbons (Fsp3) is 0.867. The van der Waals surface area contributed by atoms with Crippen molar-refractivity contribution in [3.8, 4) is 0 Å². The molecule has 1 amide bonds. The first kappa shape index (κ1) is 16.8. The van der Waals surface area contributed by atoms with E-state index in [2.05, 4.69) is 6.92 Å². The van der Waals surface area contributed by atoms with E-state index in [0.29, 0.717) is 19.1 Å². The highest BCUT2D eigenvalue weighted by Gasteiger charge is 2.34. The van der Waals surface area contributed by atoms with Crippen molar-refractivity contribution in [1.29, 1.82) is 0 Å². The van der Waals surface area contributed by atoms with Gasteiger partial charge in [0.25, 0.3) is 0 Å². The number of amides is 1. The van der Waals surface area contributed by atoms with Crippen molar-refractivity contribution >= 4 is 12.1 Å². The number of hydrogen-bond acceptors (Lipinski definition) is 4. The minimum atomic E-state index is -0.522. The molecule has 0 aromatic carbocycles. The third kappa shape index (κ3) is 5.39. The summed E-state index contributed by atoms with van der Waals surface area (Å²) in [7, 11) is 0. The van der Waals surface area contributed by atoms with E-state index in [1.54, 1.807) is 11.8 Å². The van der Waals surface area contributed by atoms with Crippen LogP contribution in [0.25, 0.3) is 0 Å². The Morgan fingerprint density at radius 3 is 2.45 bits per heavy atom. The van der Waals surface area contributed by atoms with Gasteiger partial charge in [-0.3, -0.25) is 4.79 Å². The van der Waals surface area contributed by atoms with Crippen molar-refractivity contribution < 1.29 is 19.1 Å². The zero-order chi connectivity index (χ0) is 15.3. The molecule has 0 aromatic heterocycles. The molecule has 20 heavy (non-hydrogen) atoms. The predicted octanol–water partition coefficient (Wildman–Crippen LogP) is 2.98. The number of rotatable bonds is 3. The number of carbonyl (C=O) groups excluding carboxylic acids is 2. The average molecular weight is 285 g/mol. The lowest BCUT2D eigenvalue weighted by Crippen LogP contribution is -2.49. The standard InChI is InChI=1S/C15H27NO4/c1-6-19-13(17)9-12-8-7-11(2)10-16(12)14(18)20-15(3,4)5/h11-12H,6-10H2,1-5H3. The maximum atomic E-state index is 12.3. The highest BCUT2D eigenvalue weighted by atomic mass is 16.6. The van der Waals surface area contributed by atoms with E-state index in [0.717, 1.165) is 12.8 Å². The molecule has 0 bridgehead atoms. The summed E-state index contributed by atoms with van der Waals surface area (Å²) < 4.78 is 10.4. The Morgan fingerprint density at radius 1 is 1.25 bits per heavy atom. The van der Waals surface area contributed by atoms with Gasteiger partial charge in [-0.05, 0) is 46.5 Å². The number of likely N-dealkylation sites (tertiary alicyclic amines) is 1. The second-order valence-electron chi connectivity index (χ2n) is 6.48. The lowest BCUT2D eigenvalue weighted by Gasteiger charge is -2.38. The van der Waals surface area contributed by atoms with Crippen LogP contribution in [-0.4, -0.2) is 41.8 Å². The van der Waals surface area contributed by atoms with Crippen LogP contribution in [0.5, 0.6) is 0 Å². The van der Waals surface area contributed by atoms with Crippen LogP contribution in [0.2, 0.25) is 0 Å². The van der Waals surface area contributed by atoms with Crippen LogP contribution in [0.15, 0.2) is 0 Å². The molecule has 0 N–H and O–H groups in total.